The van der Waals surface area contributed by atoms with Gasteiger partial charge >= 0.3 is 0 Å². The summed E-state index contributed by atoms with van der Waals surface area (Å²) in [5.41, 5.74) is 0. The molecule has 1 amide bonds. The molecule has 1 aromatic carbocycles. The molecule has 28 heavy (non-hydrogen) atoms. The third-order valence-electron chi connectivity index (χ3n) is 5.20. The third-order valence-corrected chi connectivity index (χ3v) is 6.92. The Balaban J connectivity index is 1.44. The summed E-state index contributed by atoms with van der Waals surface area (Å²) in [4.78, 5) is 12.2. The lowest BCUT2D eigenvalue weighted by molar-refractivity contribution is -0.128. The molecule has 1 saturated carbocycles. The van der Waals surface area contributed by atoms with Crippen LogP contribution in [0.15, 0.2) is 29.2 Å². The van der Waals surface area contributed by atoms with Gasteiger partial charge in [-0.15, -0.1) is 0 Å². The maximum Gasteiger partial charge on any atom is 0.240 e. The van der Waals surface area contributed by atoms with E-state index in [2.05, 4.69) is 10.0 Å². The lowest BCUT2D eigenvalue weighted by Crippen LogP contribution is -2.51. The van der Waals surface area contributed by atoms with E-state index in [9.17, 15) is 18.3 Å². The van der Waals surface area contributed by atoms with Gasteiger partial charge in [0.1, 0.15) is 6.10 Å². The lowest BCUT2D eigenvalue weighted by atomic mass is 9.97. The van der Waals surface area contributed by atoms with E-state index >= 15 is 0 Å². The fraction of sp³-hybridized carbons (Fsp3) is 0.632. The van der Waals surface area contributed by atoms with Crippen LogP contribution in [0.25, 0.3) is 0 Å². The topological polar surface area (TPSA) is 105 Å². The fourth-order valence-electron chi connectivity index (χ4n) is 3.41. The SMILES string of the molecule is O=C(CC1CC1)N[C@@H]1CC[C@@H](CCNS(=O)(=O)c2ccc(Cl)cc2)O[C@H]1CO. The van der Waals surface area contributed by atoms with Crippen LogP contribution in [0.1, 0.15) is 38.5 Å². The zero-order valence-electron chi connectivity index (χ0n) is 15.6. The van der Waals surface area contributed by atoms with Crippen molar-refractivity contribution in [3.63, 3.8) is 0 Å². The Hall–Kier alpha value is -1.19. The smallest absolute Gasteiger partial charge is 0.240 e. The summed E-state index contributed by atoms with van der Waals surface area (Å²) < 4.78 is 33.0. The van der Waals surface area contributed by atoms with Gasteiger partial charge in [0.15, 0.2) is 0 Å². The summed E-state index contributed by atoms with van der Waals surface area (Å²) in [5, 5.41) is 13.1. The summed E-state index contributed by atoms with van der Waals surface area (Å²) >= 11 is 5.79. The molecule has 9 heteroatoms. The second-order valence-corrected chi connectivity index (χ2v) is 9.72. The summed E-state index contributed by atoms with van der Waals surface area (Å²) in [6.45, 7) is 0.0495. The second-order valence-electron chi connectivity index (χ2n) is 7.52. The average Bonchev–Trinajstić information content (AvgIpc) is 3.47. The summed E-state index contributed by atoms with van der Waals surface area (Å²) in [5.74, 6) is 0.530. The van der Waals surface area contributed by atoms with Crippen molar-refractivity contribution in [3.05, 3.63) is 29.3 Å². The molecule has 1 saturated heterocycles. The number of rotatable bonds is 9. The van der Waals surface area contributed by atoms with E-state index in [4.69, 9.17) is 16.3 Å². The molecule has 3 N–H and O–H groups in total. The molecule has 0 aromatic heterocycles. The van der Waals surface area contributed by atoms with Crippen molar-refractivity contribution < 1.29 is 23.1 Å². The third kappa shape index (κ3) is 6.15. The van der Waals surface area contributed by atoms with Gasteiger partial charge in [-0.25, -0.2) is 13.1 Å². The highest BCUT2D eigenvalue weighted by Crippen LogP contribution is 2.32. The number of amides is 1. The van der Waals surface area contributed by atoms with E-state index in [-0.39, 0.29) is 36.1 Å². The molecule has 0 bridgehead atoms. The molecule has 2 fully saturated rings. The van der Waals surface area contributed by atoms with E-state index in [1.54, 1.807) is 0 Å². The maximum atomic E-state index is 12.3. The molecule has 1 aliphatic carbocycles. The number of hydrogen-bond donors (Lipinski definition) is 3. The molecule has 0 spiro atoms. The van der Waals surface area contributed by atoms with Crippen molar-refractivity contribution >= 4 is 27.5 Å². The van der Waals surface area contributed by atoms with E-state index < -0.39 is 16.1 Å². The zero-order chi connectivity index (χ0) is 20.1. The summed E-state index contributed by atoms with van der Waals surface area (Å²) in [6, 6.07) is 5.78. The van der Waals surface area contributed by atoms with Crippen molar-refractivity contribution in [2.75, 3.05) is 13.2 Å². The monoisotopic (exact) mass is 430 g/mol. The predicted octanol–water partition coefficient (Wildman–Crippen LogP) is 1.83. The van der Waals surface area contributed by atoms with Crippen LogP contribution >= 0.6 is 11.6 Å². The molecule has 0 radical (unpaired) electrons. The second kappa shape index (κ2) is 9.54. The molecule has 156 valence electrons. The summed E-state index contributed by atoms with van der Waals surface area (Å²) in [7, 11) is -3.60. The standard InChI is InChI=1S/C19H27ClN2O5S/c20-14-3-6-16(7-4-14)28(25,26)21-10-9-15-5-8-17(18(12-23)27-15)22-19(24)11-13-1-2-13/h3-4,6-7,13,15,17-18,21,23H,1-2,5,8-12H2,(H,22,24)/t15-,17+,18-/m0/s1. The first-order valence-corrected chi connectivity index (χ1v) is 11.5. The highest BCUT2D eigenvalue weighted by Gasteiger charge is 2.33. The van der Waals surface area contributed by atoms with Crippen molar-refractivity contribution in [3.8, 4) is 0 Å². The zero-order valence-corrected chi connectivity index (χ0v) is 17.2. The largest absolute Gasteiger partial charge is 0.394 e. The lowest BCUT2D eigenvalue weighted by Gasteiger charge is -2.36. The number of hydrogen-bond acceptors (Lipinski definition) is 5. The molecule has 1 aliphatic heterocycles. The minimum absolute atomic E-state index is 0.0173. The number of aliphatic hydroxyl groups is 1. The molecule has 2 aliphatic rings. The summed E-state index contributed by atoms with van der Waals surface area (Å²) in [6.07, 6.45) is 4.05. The van der Waals surface area contributed by atoms with Gasteiger partial charge in [-0.1, -0.05) is 11.6 Å². The number of carbonyl (C=O) groups excluding carboxylic acids is 1. The van der Waals surface area contributed by atoms with Crippen LogP contribution in [0, 0.1) is 5.92 Å². The van der Waals surface area contributed by atoms with Crippen molar-refractivity contribution in [1.82, 2.24) is 10.0 Å². The fourth-order valence-corrected chi connectivity index (χ4v) is 4.58. The van der Waals surface area contributed by atoms with Gasteiger partial charge in [-0.3, -0.25) is 4.79 Å². The number of carbonyl (C=O) groups is 1. The molecular weight excluding hydrogens is 404 g/mol. The Morgan fingerprint density at radius 3 is 2.54 bits per heavy atom. The Morgan fingerprint density at radius 1 is 1.18 bits per heavy atom. The molecule has 1 aromatic rings. The Labute approximate surface area is 170 Å². The van der Waals surface area contributed by atoms with Crippen molar-refractivity contribution in [2.24, 2.45) is 5.92 Å². The first-order valence-electron chi connectivity index (χ1n) is 9.68. The normalized spacial score (nSPS) is 25.4. The van der Waals surface area contributed by atoms with Crippen LogP contribution in [0.3, 0.4) is 0 Å². The van der Waals surface area contributed by atoms with Gasteiger partial charge in [0.25, 0.3) is 0 Å². The van der Waals surface area contributed by atoms with Crippen molar-refractivity contribution in [1.29, 1.82) is 0 Å². The van der Waals surface area contributed by atoms with Gasteiger partial charge in [-0.2, -0.15) is 0 Å². The first-order chi connectivity index (χ1) is 13.4. The van der Waals surface area contributed by atoms with Crippen LogP contribution in [-0.4, -0.2) is 50.8 Å². The number of halogens is 1. The van der Waals surface area contributed by atoms with Gasteiger partial charge < -0.3 is 15.2 Å². The van der Waals surface area contributed by atoms with Gasteiger partial charge in [0, 0.05) is 18.0 Å². The number of nitrogens with one attached hydrogen (secondary N) is 2. The maximum absolute atomic E-state index is 12.3. The Kier molecular flexibility index (Phi) is 7.33. The number of sulfonamides is 1. The van der Waals surface area contributed by atoms with Crippen LogP contribution in [0.5, 0.6) is 0 Å². The van der Waals surface area contributed by atoms with E-state index in [1.165, 1.54) is 24.3 Å². The first kappa shape index (κ1) is 21.5. The molecule has 1 heterocycles. The number of ether oxygens (including phenoxy) is 1. The molecular formula is C19H27ClN2O5S. The van der Waals surface area contributed by atoms with Gasteiger partial charge in [0.05, 0.1) is 23.6 Å². The Morgan fingerprint density at radius 2 is 1.89 bits per heavy atom. The van der Waals surface area contributed by atoms with E-state index in [1.807, 2.05) is 0 Å². The van der Waals surface area contributed by atoms with E-state index in [0.29, 0.717) is 36.6 Å². The average molecular weight is 431 g/mol. The molecule has 0 unspecified atom stereocenters. The van der Waals surface area contributed by atoms with Gasteiger partial charge in [-0.05, 0) is 62.3 Å². The quantitative estimate of drug-likeness (QED) is 0.554. The number of benzene rings is 1. The van der Waals surface area contributed by atoms with Crippen LogP contribution in [0.2, 0.25) is 5.02 Å². The predicted molar refractivity (Wildman–Crippen MR) is 106 cm³/mol. The van der Waals surface area contributed by atoms with Crippen LogP contribution < -0.4 is 10.0 Å². The Bertz CT molecular complexity index is 767. The minimum Gasteiger partial charge on any atom is -0.394 e. The van der Waals surface area contributed by atoms with Crippen LogP contribution in [-0.2, 0) is 19.6 Å². The van der Waals surface area contributed by atoms with Crippen molar-refractivity contribution in [2.45, 2.75) is 61.7 Å². The minimum atomic E-state index is -3.60. The van der Waals surface area contributed by atoms with Gasteiger partial charge in [0.2, 0.25) is 15.9 Å². The highest BCUT2D eigenvalue weighted by atomic mass is 35.5. The molecule has 3 rings (SSSR count). The molecule has 7 nitrogen and oxygen atoms in total. The highest BCUT2D eigenvalue weighted by molar-refractivity contribution is 7.89. The van der Waals surface area contributed by atoms with E-state index in [0.717, 1.165) is 12.8 Å². The number of aliphatic hydroxyl groups excluding tert-OH is 1. The van der Waals surface area contributed by atoms with Crippen LogP contribution in [0.4, 0.5) is 0 Å². The molecule has 3 atom stereocenters.